The van der Waals surface area contributed by atoms with E-state index >= 15 is 0 Å². The molecule has 0 bridgehead atoms. The van der Waals surface area contributed by atoms with Crippen molar-refractivity contribution in [3.05, 3.63) is 29.8 Å². The second kappa shape index (κ2) is 8.15. The zero-order chi connectivity index (χ0) is 17.7. The number of β-amino-alcohol motifs (C(OH)–C–C–N with tert-alkyl or cyclic N) is 2. The largest absolute Gasteiger partial charge is 0.573 e. The number of benzene rings is 1. The van der Waals surface area contributed by atoms with Crippen molar-refractivity contribution >= 4 is 0 Å². The second-order valence-corrected chi connectivity index (χ2v) is 6.08. The number of aliphatic hydroxyl groups excluding tert-OH is 2. The van der Waals surface area contributed by atoms with Crippen LogP contribution >= 0.6 is 0 Å². The van der Waals surface area contributed by atoms with Crippen LogP contribution in [0.4, 0.5) is 13.2 Å². The lowest BCUT2D eigenvalue weighted by atomic mass is 10.1. The standard InChI is InChI=1S/C16H23F3N2O3/c1-12(22)10-20-6-8-21(9-7-20)11-15(23)13-2-4-14(5-3-13)24-16(17,18)19/h2-5,12,15,22-23H,6-11H2,1H3. The number of halogens is 3. The number of ether oxygens (including phenoxy) is 1. The molecular formula is C16H23F3N2O3. The quantitative estimate of drug-likeness (QED) is 0.818. The Bertz CT molecular complexity index is 500. The number of alkyl halides is 3. The molecule has 1 aliphatic rings. The van der Waals surface area contributed by atoms with Gasteiger partial charge in [0.1, 0.15) is 5.75 Å². The van der Waals surface area contributed by atoms with Gasteiger partial charge in [-0.1, -0.05) is 12.1 Å². The summed E-state index contributed by atoms with van der Waals surface area (Å²) in [6, 6.07) is 5.28. The maximum atomic E-state index is 12.1. The SMILES string of the molecule is CC(O)CN1CCN(CC(O)c2ccc(OC(F)(F)F)cc2)CC1. The summed E-state index contributed by atoms with van der Waals surface area (Å²) >= 11 is 0. The van der Waals surface area contributed by atoms with Gasteiger partial charge in [-0.15, -0.1) is 13.2 Å². The van der Waals surface area contributed by atoms with Gasteiger partial charge in [-0.05, 0) is 24.6 Å². The van der Waals surface area contributed by atoms with Crippen LogP contribution in [0.1, 0.15) is 18.6 Å². The predicted octanol–water partition coefficient (Wildman–Crippen LogP) is 1.62. The Morgan fingerprint density at radius 3 is 1.96 bits per heavy atom. The molecule has 2 N–H and O–H groups in total. The Morgan fingerprint density at radius 2 is 1.50 bits per heavy atom. The molecule has 136 valence electrons. The van der Waals surface area contributed by atoms with Gasteiger partial charge >= 0.3 is 6.36 Å². The van der Waals surface area contributed by atoms with Crippen molar-refractivity contribution in [2.24, 2.45) is 0 Å². The highest BCUT2D eigenvalue weighted by molar-refractivity contribution is 5.28. The minimum absolute atomic E-state index is 0.301. The summed E-state index contributed by atoms with van der Waals surface area (Å²) in [5, 5.41) is 19.6. The van der Waals surface area contributed by atoms with Crippen molar-refractivity contribution < 1.29 is 28.1 Å². The van der Waals surface area contributed by atoms with E-state index in [2.05, 4.69) is 14.5 Å². The fourth-order valence-electron chi connectivity index (χ4n) is 2.77. The number of rotatable bonds is 6. The van der Waals surface area contributed by atoms with Crippen LogP contribution in [0.15, 0.2) is 24.3 Å². The lowest BCUT2D eigenvalue weighted by Gasteiger charge is -2.36. The van der Waals surface area contributed by atoms with Gasteiger partial charge in [0.25, 0.3) is 0 Å². The van der Waals surface area contributed by atoms with E-state index in [0.717, 1.165) is 26.2 Å². The molecule has 1 aromatic carbocycles. The van der Waals surface area contributed by atoms with Gasteiger partial charge in [0.05, 0.1) is 12.2 Å². The smallest absolute Gasteiger partial charge is 0.406 e. The van der Waals surface area contributed by atoms with Crippen molar-refractivity contribution in [1.82, 2.24) is 9.80 Å². The average molecular weight is 348 g/mol. The Labute approximate surface area is 139 Å². The number of hydrogen-bond acceptors (Lipinski definition) is 5. The van der Waals surface area contributed by atoms with Gasteiger partial charge in [-0.3, -0.25) is 9.80 Å². The molecule has 1 fully saturated rings. The van der Waals surface area contributed by atoms with Crippen LogP contribution in [0, 0.1) is 0 Å². The Kier molecular flexibility index (Phi) is 6.45. The fraction of sp³-hybridized carbons (Fsp3) is 0.625. The van der Waals surface area contributed by atoms with E-state index in [-0.39, 0.29) is 11.9 Å². The molecule has 1 aromatic rings. The summed E-state index contributed by atoms with van der Waals surface area (Å²) in [5.74, 6) is -0.301. The van der Waals surface area contributed by atoms with Crippen molar-refractivity contribution in [2.45, 2.75) is 25.5 Å². The van der Waals surface area contributed by atoms with Crippen LogP contribution in [0.5, 0.6) is 5.75 Å². The highest BCUT2D eigenvalue weighted by Crippen LogP contribution is 2.24. The molecule has 2 unspecified atom stereocenters. The lowest BCUT2D eigenvalue weighted by Crippen LogP contribution is -2.49. The van der Waals surface area contributed by atoms with Gasteiger partial charge < -0.3 is 14.9 Å². The van der Waals surface area contributed by atoms with Crippen LogP contribution in [0.2, 0.25) is 0 Å². The first-order valence-corrected chi connectivity index (χ1v) is 7.89. The molecule has 0 spiro atoms. The first-order valence-electron chi connectivity index (χ1n) is 7.89. The van der Waals surface area contributed by atoms with E-state index in [1.165, 1.54) is 24.3 Å². The van der Waals surface area contributed by atoms with Gasteiger partial charge in [0, 0.05) is 39.3 Å². The predicted molar refractivity (Wildman–Crippen MR) is 82.6 cm³/mol. The minimum atomic E-state index is -4.72. The highest BCUT2D eigenvalue weighted by atomic mass is 19.4. The third kappa shape index (κ3) is 6.27. The molecule has 8 heteroatoms. The summed E-state index contributed by atoms with van der Waals surface area (Å²) in [6.45, 7) is 5.99. The van der Waals surface area contributed by atoms with E-state index in [4.69, 9.17) is 0 Å². The van der Waals surface area contributed by atoms with Crippen LogP contribution in [0.3, 0.4) is 0 Å². The topological polar surface area (TPSA) is 56.2 Å². The first kappa shape index (κ1) is 19.0. The number of nitrogens with zero attached hydrogens (tertiary/aromatic N) is 2. The lowest BCUT2D eigenvalue weighted by molar-refractivity contribution is -0.274. The van der Waals surface area contributed by atoms with Crippen LogP contribution in [-0.2, 0) is 0 Å². The van der Waals surface area contributed by atoms with Gasteiger partial charge in [0.15, 0.2) is 0 Å². The van der Waals surface area contributed by atoms with Gasteiger partial charge in [0.2, 0.25) is 0 Å². The van der Waals surface area contributed by atoms with Gasteiger partial charge in [-0.25, -0.2) is 0 Å². The van der Waals surface area contributed by atoms with Crippen LogP contribution in [0.25, 0.3) is 0 Å². The highest BCUT2D eigenvalue weighted by Gasteiger charge is 2.31. The fourth-order valence-corrected chi connectivity index (χ4v) is 2.77. The van der Waals surface area contributed by atoms with Crippen molar-refractivity contribution in [1.29, 1.82) is 0 Å². The summed E-state index contributed by atoms with van der Waals surface area (Å²) in [6.07, 6.45) is -5.85. The number of aliphatic hydroxyl groups is 2. The van der Waals surface area contributed by atoms with E-state index < -0.39 is 12.5 Å². The molecule has 5 nitrogen and oxygen atoms in total. The molecule has 0 amide bonds. The normalized spacial score (nSPS) is 19.9. The molecule has 2 rings (SSSR count). The molecule has 1 aliphatic heterocycles. The molecule has 1 heterocycles. The summed E-state index contributed by atoms with van der Waals surface area (Å²) in [7, 11) is 0. The summed E-state index contributed by atoms with van der Waals surface area (Å²) in [5.41, 5.74) is 0.552. The third-order valence-electron chi connectivity index (χ3n) is 3.92. The average Bonchev–Trinajstić information content (AvgIpc) is 2.48. The molecule has 24 heavy (non-hydrogen) atoms. The molecule has 2 atom stereocenters. The molecular weight excluding hydrogens is 325 g/mol. The van der Waals surface area contributed by atoms with Crippen molar-refractivity contribution in [3.8, 4) is 5.75 Å². The zero-order valence-electron chi connectivity index (χ0n) is 13.5. The monoisotopic (exact) mass is 348 g/mol. The molecule has 0 aromatic heterocycles. The van der Waals surface area contributed by atoms with Crippen molar-refractivity contribution in [3.63, 3.8) is 0 Å². The number of hydrogen-bond donors (Lipinski definition) is 2. The van der Waals surface area contributed by atoms with Gasteiger partial charge in [-0.2, -0.15) is 0 Å². The molecule has 0 aliphatic carbocycles. The van der Waals surface area contributed by atoms with Crippen LogP contribution in [-0.4, -0.2) is 71.7 Å². The Hall–Kier alpha value is -1.35. The maximum absolute atomic E-state index is 12.1. The minimum Gasteiger partial charge on any atom is -0.406 e. The van der Waals surface area contributed by atoms with Crippen molar-refractivity contribution in [2.75, 3.05) is 39.3 Å². The molecule has 0 radical (unpaired) electrons. The third-order valence-corrected chi connectivity index (χ3v) is 3.92. The summed E-state index contributed by atoms with van der Waals surface area (Å²) in [4.78, 5) is 4.26. The summed E-state index contributed by atoms with van der Waals surface area (Å²) < 4.78 is 40.2. The maximum Gasteiger partial charge on any atom is 0.573 e. The van der Waals surface area contributed by atoms with Crippen LogP contribution < -0.4 is 4.74 Å². The van der Waals surface area contributed by atoms with E-state index in [9.17, 15) is 23.4 Å². The Morgan fingerprint density at radius 1 is 1.00 bits per heavy atom. The van der Waals surface area contributed by atoms with E-state index in [0.29, 0.717) is 18.7 Å². The molecule has 0 saturated carbocycles. The number of piperazine rings is 1. The Balaban J connectivity index is 1.81. The van der Waals surface area contributed by atoms with E-state index in [1.54, 1.807) is 6.92 Å². The zero-order valence-corrected chi connectivity index (χ0v) is 13.5. The second-order valence-electron chi connectivity index (χ2n) is 6.08. The molecule has 1 saturated heterocycles. The van der Waals surface area contributed by atoms with E-state index in [1.807, 2.05) is 0 Å². The first-order chi connectivity index (χ1) is 11.2.